The van der Waals surface area contributed by atoms with Crippen LogP contribution >= 0.6 is 0 Å². The monoisotopic (exact) mass is 225 g/mol. The van der Waals surface area contributed by atoms with Gasteiger partial charge in [-0.25, -0.2) is 0 Å². The predicted octanol–water partition coefficient (Wildman–Crippen LogP) is 1.38. The summed E-state index contributed by atoms with van der Waals surface area (Å²) in [5, 5.41) is 13.6. The lowest BCUT2D eigenvalue weighted by Gasteiger charge is -2.25. The predicted molar refractivity (Wildman–Crippen MR) is 65.2 cm³/mol. The Hall–Kier alpha value is -0.870. The SMILES string of the molecule is CCC(N)(CO)CCCn1nc(C)cc1C. The number of aliphatic hydroxyl groups is 1. The fourth-order valence-electron chi connectivity index (χ4n) is 1.85. The lowest BCUT2D eigenvalue weighted by atomic mass is 9.93. The second-order valence-corrected chi connectivity index (χ2v) is 4.63. The third kappa shape index (κ3) is 3.32. The molecule has 0 bridgehead atoms. The molecule has 1 aromatic heterocycles. The largest absolute Gasteiger partial charge is 0.394 e. The highest BCUT2D eigenvalue weighted by Gasteiger charge is 2.20. The molecule has 0 aliphatic rings. The molecule has 1 heterocycles. The summed E-state index contributed by atoms with van der Waals surface area (Å²) in [6, 6.07) is 2.07. The van der Waals surface area contributed by atoms with Crippen molar-refractivity contribution in [3.8, 4) is 0 Å². The van der Waals surface area contributed by atoms with E-state index in [2.05, 4.69) is 18.1 Å². The van der Waals surface area contributed by atoms with Gasteiger partial charge in [0.15, 0.2) is 0 Å². The molecule has 0 aromatic carbocycles. The molecule has 1 unspecified atom stereocenters. The molecule has 0 saturated heterocycles. The van der Waals surface area contributed by atoms with Crippen molar-refractivity contribution in [3.63, 3.8) is 0 Å². The highest BCUT2D eigenvalue weighted by molar-refractivity contribution is 5.06. The van der Waals surface area contributed by atoms with Crippen LogP contribution in [0.5, 0.6) is 0 Å². The first kappa shape index (κ1) is 13.2. The maximum absolute atomic E-state index is 9.19. The zero-order chi connectivity index (χ0) is 12.2. The van der Waals surface area contributed by atoms with Crippen molar-refractivity contribution < 1.29 is 5.11 Å². The van der Waals surface area contributed by atoms with Gasteiger partial charge in [-0.15, -0.1) is 0 Å². The van der Waals surface area contributed by atoms with Crippen molar-refractivity contribution in [3.05, 3.63) is 17.5 Å². The molecule has 0 fully saturated rings. The van der Waals surface area contributed by atoms with Gasteiger partial charge in [0, 0.05) is 17.8 Å². The van der Waals surface area contributed by atoms with E-state index in [9.17, 15) is 5.11 Å². The molecule has 0 amide bonds. The number of hydrogen-bond acceptors (Lipinski definition) is 3. The molecule has 0 radical (unpaired) electrons. The van der Waals surface area contributed by atoms with Crippen LogP contribution < -0.4 is 5.73 Å². The van der Waals surface area contributed by atoms with E-state index in [1.165, 1.54) is 5.69 Å². The average molecular weight is 225 g/mol. The van der Waals surface area contributed by atoms with E-state index >= 15 is 0 Å². The molecular weight excluding hydrogens is 202 g/mol. The molecule has 1 rings (SSSR count). The van der Waals surface area contributed by atoms with Crippen LogP contribution in [-0.2, 0) is 6.54 Å². The molecule has 0 aliphatic carbocycles. The van der Waals surface area contributed by atoms with E-state index in [1.54, 1.807) is 0 Å². The Morgan fingerprint density at radius 2 is 2.19 bits per heavy atom. The van der Waals surface area contributed by atoms with Crippen molar-refractivity contribution in [1.82, 2.24) is 9.78 Å². The van der Waals surface area contributed by atoms with E-state index in [0.717, 1.165) is 31.5 Å². The van der Waals surface area contributed by atoms with Gasteiger partial charge in [-0.2, -0.15) is 5.10 Å². The molecule has 0 saturated carbocycles. The van der Waals surface area contributed by atoms with Crippen LogP contribution in [-0.4, -0.2) is 27.0 Å². The number of nitrogens with two attached hydrogens (primary N) is 1. The van der Waals surface area contributed by atoms with Gasteiger partial charge in [-0.3, -0.25) is 4.68 Å². The maximum Gasteiger partial charge on any atom is 0.0611 e. The highest BCUT2D eigenvalue weighted by atomic mass is 16.3. The summed E-state index contributed by atoms with van der Waals surface area (Å²) in [7, 11) is 0. The minimum absolute atomic E-state index is 0.0562. The summed E-state index contributed by atoms with van der Waals surface area (Å²) in [6.45, 7) is 7.00. The summed E-state index contributed by atoms with van der Waals surface area (Å²) in [5.41, 5.74) is 7.84. The van der Waals surface area contributed by atoms with Crippen LogP contribution in [0.1, 0.15) is 37.6 Å². The molecule has 16 heavy (non-hydrogen) atoms. The van der Waals surface area contributed by atoms with E-state index in [-0.39, 0.29) is 6.61 Å². The standard InChI is InChI=1S/C12H23N3O/c1-4-12(13,9-16)6-5-7-15-11(3)8-10(2)14-15/h8,16H,4-7,9,13H2,1-3H3. The Bertz CT molecular complexity index is 329. The Labute approximate surface area is 97.5 Å². The molecular formula is C12H23N3O. The Morgan fingerprint density at radius 1 is 1.50 bits per heavy atom. The van der Waals surface area contributed by atoms with Crippen molar-refractivity contribution >= 4 is 0 Å². The van der Waals surface area contributed by atoms with Crippen LogP contribution in [0.15, 0.2) is 6.07 Å². The fraction of sp³-hybridized carbons (Fsp3) is 0.750. The molecule has 1 atom stereocenters. The molecule has 0 spiro atoms. The first-order chi connectivity index (χ1) is 7.50. The zero-order valence-corrected chi connectivity index (χ0v) is 10.5. The number of aromatic nitrogens is 2. The number of nitrogens with zero attached hydrogens (tertiary/aromatic N) is 2. The number of aryl methyl sites for hydroxylation is 3. The molecule has 4 heteroatoms. The average Bonchev–Trinajstić information content (AvgIpc) is 2.57. The topological polar surface area (TPSA) is 64.1 Å². The van der Waals surface area contributed by atoms with Crippen molar-refractivity contribution in [1.29, 1.82) is 0 Å². The van der Waals surface area contributed by atoms with Crippen LogP contribution in [0.4, 0.5) is 0 Å². The zero-order valence-electron chi connectivity index (χ0n) is 10.5. The van der Waals surface area contributed by atoms with Crippen molar-refractivity contribution in [2.45, 2.75) is 52.1 Å². The van der Waals surface area contributed by atoms with Gasteiger partial charge in [-0.05, 0) is 39.2 Å². The van der Waals surface area contributed by atoms with Crippen molar-refractivity contribution in [2.75, 3.05) is 6.61 Å². The number of rotatable bonds is 6. The van der Waals surface area contributed by atoms with Gasteiger partial charge < -0.3 is 10.8 Å². The van der Waals surface area contributed by atoms with Gasteiger partial charge >= 0.3 is 0 Å². The van der Waals surface area contributed by atoms with Gasteiger partial charge in [0.05, 0.1) is 12.3 Å². The van der Waals surface area contributed by atoms with E-state index in [0.29, 0.717) is 0 Å². The minimum atomic E-state index is -0.421. The summed E-state index contributed by atoms with van der Waals surface area (Å²) in [4.78, 5) is 0. The lowest BCUT2D eigenvalue weighted by Crippen LogP contribution is -2.43. The van der Waals surface area contributed by atoms with Gasteiger partial charge in [0.2, 0.25) is 0 Å². The second-order valence-electron chi connectivity index (χ2n) is 4.63. The third-order valence-corrected chi connectivity index (χ3v) is 3.17. The number of hydrogen-bond donors (Lipinski definition) is 2. The fourth-order valence-corrected chi connectivity index (χ4v) is 1.85. The van der Waals surface area contributed by atoms with Gasteiger partial charge in [0.25, 0.3) is 0 Å². The first-order valence-electron chi connectivity index (χ1n) is 5.91. The quantitative estimate of drug-likeness (QED) is 0.768. The van der Waals surface area contributed by atoms with E-state index < -0.39 is 5.54 Å². The lowest BCUT2D eigenvalue weighted by molar-refractivity contribution is 0.178. The van der Waals surface area contributed by atoms with Crippen molar-refractivity contribution in [2.24, 2.45) is 5.73 Å². The highest BCUT2D eigenvalue weighted by Crippen LogP contribution is 2.14. The summed E-state index contributed by atoms with van der Waals surface area (Å²) in [5.74, 6) is 0. The van der Waals surface area contributed by atoms with Gasteiger partial charge in [0.1, 0.15) is 0 Å². The maximum atomic E-state index is 9.19. The number of aliphatic hydroxyl groups excluding tert-OH is 1. The van der Waals surface area contributed by atoms with Crippen LogP contribution in [0.25, 0.3) is 0 Å². The molecule has 92 valence electrons. The first-order valence-corrected chi connectivity index (χ1v) is 5.91. The Balaban J connectivity index is 2.44. The van der Waals surface area contributed by atoms with Gasteiger partial charge in [-0.1, -0.05) is 6.92 Å². The van der Waals surface area contributed by atoms with E-state index in [1.807, 2.05) is 18.5 Å². The molecule has 4 nitrogen and oxygen atoms in total. The van der Waals surface area contributed by atoms with Crippen LogP contribution in [0, 0.1) is 13.8 Å². The summed E-state index contributed by atoms with van der Waals surface area (Å²) >= 11 is 0. The molecule has 1 aromatic rings. The smallest absolute Gasteiger partial charge is 0.0611 e. The van der Waals surface area contributed by atoms with Crippen LogP contribution in [0.2, 0.25) is 0 Å². The minimum Gasteiger partial charge on any atom is -0.394 e. The Morgan fingerprint density at radius 3 is 2.62 bits per heavy atom. The third-order valence-electron chi connectivity index (χ3n) is 3.17. The van der Waals surface area contributed by atoms with E-state index in [4.69, 9.17) is 5.73 Å². The summed E-state index contributed by atoms with van der Waals surface area (Å²) < 4.78 is 2.00. The molecule has 0 aliphatic heterocycles. The second kappa shape index (κ2) is 5.46. The molecule has 3 N–H and O–H groups in total. The Kier molecular flexibility index (Phi) is 4.50. The summed E-state index contributed by atoms with van der Waals surface area (Å²) in [6.07, 6.45) is 2.59. The van der Waals surface area contributed by atoms with Crippen LogP contribution in [0.3, 0.4) is 0 Å². The normalized spacial score (nSPS) is 15.1.